The van der Waals surface area contributed by atoms with Crippen molar-refractivity contribution in [2.75, 3.05) is 6.61 Å². The molecule has 1 rings (SSSR count). The summed E-state index contributed by atoms with van der Waals surface area (Å²) in [6.07, 6.45) is 0. The second kappa shape index (κ2) is 4.70. The molecule has 0 heterocycles. The second-order valence-corrected chi connectivity index (χ2v) is 2.94. The van der Waals surface area contributed by atoms with Crippen LogP contribution in [0.15, 0.2) is 24.3 Å². The summed E-state index contributed by atoms with van der Waals surface area (Å²) in [6.45, 7) is 0.177. The van der Waals surface area contributed by atoms with E-state index in [0.29, 0.717) is 10.8 Å². The molecule has 0 saturated heterocycles. The normalized spacial score (nSPS) is 11.8. The highest BCUT2D eigenvalue weighted by Gasteiger charge is 2.00. The third-order valence-electron chi connectivity index (χ3n) is 1.39. The zero-order valence-corrected chi connectivity index (χ0v) is 7.66. The lowest BCUT2D eigenvalue weighted by Crippen LogP contribution is -2.25. The number of ether oxygens (including phenoxy) is 1. The van der Waals surface area contributed by atoms with Crippen LogP contribution in [0.25, 0.3) is 0 Å². The average molecular weight is 197 g/mol. The minimum absolute atomic E-state index is 0.177. The lowest BCUT2D eigenvalue weighted by atomic mass is 10.3. The minimum Gasteiger partial charge on any atom is -0.491 e. The highest BCUT2D eigenvalue weighted by Crippen LogP contribution is 2.16. The Balaban J connectivity index is 2.51. The summed E-state index contributed by atoms with van der Waals surface area (Å²) in [5.41, 5.74) is 5.34. The maximum atomic E-state index is 8.39. The molecule has 0 spiro atoms. The zero-order valence-electron chi connectivity index (χ0n) is 6.90. The maximum Gasteiger partial charge on any atom is 0.127 e. The molecule has 0 aromatic heterocycles. The molecule has 0 aliphatic heterocycles. The molecule has 0 saturated carbocycles. The van der Waals surface area contributed by atoms with Crippen LogP contribution in [0.2, 0.25) is 5.02 Å². The first kappa shape index (κ1) is 9.85. The van der Waals surface area contributed by atoms with Crippen LogP contribution >= 0.6 is 11.6 Å². The molecule has 3 nitrogen and oxygen atoms in total. The Morgan fingerprint density at radius 3 is 3.00 bits per heavy atom. The molecule has 0 amide bonds. The standard InChI is InChI=1S/C9H9ClN2O/c10-7-2-1-3-9(4-7)13-6-8(12)5-11/h1-4,8H,6,12H2. The molecule has 4 heteroatoms. The second-order valence-electron chi connectivity index (χ2n) is 2.50. The van der Waals surface area contributed by atoms with E-state index >= 15 is 0 Å². The Labute approximate surface area is 81.7 Å². The summed E-state index contributed by atoms with van der Waals surface area (Å²) < 4.78 is 5.21. The van der Waals surface area contributed by atoms with Crippen molar-refractivity contribution in [3.8, 4) is 11.8 Å². The van der Waals surface area contributed by atoms with Gasteiger partial charge in [0, 0.05) is 5.02 Å². The van der Waals surface area contributed by atoms with E-state index < -0.39 is 6.04 Å². The fraction of sp³-hybridized carbons (Fsp3) is 0.222. The van der Waals surface area contributed by atoms with Crippen LogP contribution in [0.4, 0.5) is 0 Å². The highest BCUT2D eigenvalue weighted by molar-refractivity contribution is 6.30. The topological polar surface area (TPSA) is 59.0 Å². The van der Waals surface area contributed by atoms with Crippen LogP contribution in [-0.2, 0) is 0 Å². The van der Waals surface area contributed by atoms with Gasteiger partial charge in [0.2, 0.25) is 0 Å². The molecule has 1 atom stereocenters. The summed E-state index contributed by atoms with van der Waals surface area (Å²) in [7, 11) is 0. The van der Waals surface area contributed by atoms with Gasteiger partial charge < -0.3 is 10.5 Å². The first-order chi connectivity index (χ1) is 6.22. The first-order valence-corrected chi connectivity index (χ1v) is 4.13. The molecule has 0 radical (unpaired) electrons. The fourth-order valence-electron chi connectivity index (χ4n) is 0.780. The van der Waals surface area contributed by atoms with Crippen molar-refractivity contribution in [2.24, 2.45) is 5.73 Å². The molecule has 0 fully saturated rings. The number of hydrogen-bond donors (Lipinski definition) is 1. The number of nitriles is 1. The van der Waals surface area contributed by atoms with E-state index in [1.807, 2.05) is 6.07 Å². The van der Waals surface area contributed by atoms with E-state index in [1.54, 1.807) is 24.3 Å². The molecule has 1 aromatic rings. The van der Waals surface area contributed by atoms with Crippen LogP contribution in [0.1, 0.15) is 0 Å². The Bertz CT molecular complexity index is 322. The summed E-state index contributed by atoms with van der Waals surface area (Å²) in [5, 5.41) is 8.99. The molecule has 1 aromatic carbocycles. The van der Waals surface area contributed by atoms with E-state index in [1.165, 1.54) is 0 Å². The van der Waals surface area contributed by atoms with Crippen LogP contribution in [0, 0.1) is 11.3 Å². The minimum atomic E-state index is -0.598. The van der Waals surface area contributed by atoms with Crippen molar-refractivity contribution in [3.05, 3.63) is 29.3 Å². The Morgan fingerprint density at radius 2 is 2.38 bits per heavy atom. The molecule has 0 aliphatic rings. The molecule has 13 heavy (non-hydrogen) atoms. The van der Waals surface area contributed by atoms with E-state index in [0.717, 1.165) is 0 Å². The quantitative estimate of drug-likeness (QED) is 0.799. The van der Waals surface area contributed by atoms with Crippen molar-refractivity contribution < 1.29 is 4.74 Å². The summed E-state index contributed by atoms with van der Waals surface area (Å²) in [4.78, 5) is 0. The van der Waals surface area contributed by atoms with E-state index in [9.17, 15) is 0 Å². The lowest BCUT2D eigenvalue weighted by molar-refractivity contribution is 0.309. The van der Waals surface area contributed by atoms with Crippen molar-refractivity contribution in [1.29, 1.82) is 5.26 Å². The van der Waals surface area contributed by atoms with Gasteiger partial charge >= 0.3 is 0 Å². The molecular formula is C9H9ClN2O. The van der Waals surface area contributed by atoms with E-state index in [-0.39, 0.29) is 6.61 Å². The number of benzene rings is 1. The van der Waals surface area contributed by atoms with Crippen LogP contribution in [0.3, 0.4) is 0 Å². The highest BCUT2D eigenvalue weighted by atomic mass is 35.5. The lowest BCUT2D eigenvalue weighted by Gasteiger charge is -2.06. The molecular weight excluding hydrogens is 188 g/mol. The average Bonchev–Trinajstić information content (AvgIpc) is 2.14. The molecule has 2 N–H and O–H groups in total. The third-order valence-corrected chi connectivity index (χ3v) is 1.63. The van der Waals surface area contributed by atoms with Gasteiger partial charge in [-0.05, 0) is 18.2 Å². The fourth-order valence-corrected chi connectivity index (χ4v) is 0.960. The summed E-state index contributed by atoms with van der Waals surface area (Å²) in [5.74, 6) is 0.623. The maximum absolute atomic E-state index is 8.39. The van der Waals surface area contributed by atoms with Gasteiger partial charge in [0.25, 0.3) is 0 Å². The molecule has 0 bridgehead atoms. The SMILES string of the molecule is N#CC(N)COc1cccc(Cl)c1. The van der Waals surface area contributed by atoms with Gasteiger partial charge in [-0.2, -0.15) is 5.26 Å². The predicted molar refractivity (Wildman–Crippen MR) is 50.5 cm³/mol. The van der Waals surface area contributed by atoms with Crippen molar-refractivity contribution in [2.45, 2.75) is 6.04 Å². The van der Waals surface area contributed by atoms with Gasteiger partial charge in [0.1, 0.15) is 18.4 Å². The summed E-state index contributed by atoms with van der Waals surface area (Å²) >= 11 is 5.72. The zero-order chi connectivity index (χ0) is 9.68. The number of rotatable bonds is 3. The van der Waals surface area contributed by atoms with Crippen molar-refractivity contribution in [3.63, 3.8) is 0 Å². The Kier molecular flexibility index (Phi) is 3.56. The van der Waals surface area contributed by atoms with E-state index in [4.69, 9.17) is 27.3 Å². The predicted octanol–water partition coefficient (Wildman–Crippen LogP) is 1.57. The van der Waals surface area contributed by atoms with Gasteiger partial charge in [-0.1, -0.05) is 17.7 Å². The van der Waals surface area contributed by atoms with Crippen molar-refractivity contribution >= 4 is 11.6 Å². The van der Waals surface area contributed by atoms with Gasteiger partial charge in [0.15, 0.2) is 0 Å². The molecule has 68 valence electrons. The largest absolute Gasteiger partial charge is 0.491 e. The number of hydrogen-bond acceptors (Lipinski definition) is 3. The van der Waals surface area contributed by atoms with Gasteiger partial charge in [-0.3, -0.25) is 0 Å². The third kappa shape index (κ3) is 3.32. The van der Waals surface area contributed by atoms with Crippen LogP contribution < -0.4 is 10.5 Å². The number of nitrogens with zero attached hydrogens (tertiary/aromatic N) is 1. The van der Waals surface area contributed by atoms with Gasteiger partial charge in [0.05, 0.1) is 6.07 Å². The van der Waals surface area contributed by atoms with Gasteiger partial charge in [-0.15, -0.1) is 0 Å². The summed E-state index contributed by atoms with van der Waals surface area (Å²) in [6, 6.07) is 8.23. The van der Waals surface area contributed by atoms with E-state index in [2.05, 4.69) is 0 Å². The molecule has 1 unspecified atom stereocenters. The van der Waals surface area contributed by atoms with Crippen molar-refractivity contribution in [1.82, 2.24) is 0 Å². The van der Waals surface area contributed by atoms with Crippen LogP contribution in [-0.4, -0.2) is 12.6 Å². The monoisotopic (exact) mass is 196 g/mol. The smallest absolute Gasteiger partial charge is 0.127 e. The first-order valence-electron chi connectivity index (χ1n) is 3.76. The number of halogens is 1. The Hall–Kier alpha value is -1.24. The Morgan fingerprint density at radius 1 is 1.62 bits per heavy atom. The molecule has 0 aliphatic carbocycles. The van der Waals surface area contributed by atoms with Crippen LogP contribution in [0.5, 0.6) is 5.75 Å². The number of nitrogens with two attached hydrogens (primary N) is 1. The van der Waals surface area contributed by atoms with Gasteiger partial charge in [-0.25, -0.2) is 0 Å².